The minimum Gasteiger partial charge on any atom is -0.312 e. The molecule has 0 saturated carbocycles. The quantitative estimate of drug-likeness (QED) is 0.750. The topological polar surface area (TPSA) is 12.0 Å². The number of hydrogen-bond acceptors (Lipinski definition) is 1. The van der Waals surface area contributed by atoms with E-state index in [1.54, 1.807) is 0 Å². The molecule has 0 unspecified atom stereocenters. The molecule has 0 aliphatic rings. The Morgan fingerprint density at radius 2 is 1.73 bits per heavy atom. The molecule has 0 fully saturated rings. The summed E-state index contributed by atoms with van der Waals surface area (Å²) in [6.07, 6.45) is 3.59. The van der Waals surface area contributed by atoms with Crippen molar-refractivity contribution in [2.75, 3.05) is 0 Å². The van der Waals surface area contributed by atoms with E-state index in [-0.39, 0.29) is 0 Å². The van der Waals surface area contributed by atoms with Gasteiger partial charge in [0.25, 0.3) is 0 Å². The van der Waals surface area contributed by atoms with Crippen molar-refractivity contribution in [3.8, 4) is 0 Å². The highest BCUT2D eigenvalue weighted by Gasteiger charge is 2.05. The maximum Gasteiger partial charge on any atom is 0.00443 e. The zero-order valence-electron chi connectivity index (χ0n) is 10.2. The van der Waals surface area contributed by atoms with Crippen LogP contribution in [-0.2, 0) is 6.42 Å². The van der Waals surface area contributed by atoms with Crippen molar-refractivity contribution in [2.45, 2.75) is 52.1 Å². The lowest BCUT2D eigenvalue weighted by molar-refractivity contribution is 0.438. The predicted molar refractivity (Wildman–Crippen MR) is 67.1 cm³/mol. The number of aryl methyl sites for hydroxylation is 1. The summed E-state index contributed by atoms with van der Waals surface area (Å²) in [6, 6.07) is 12.0. The van der Waals surface area contributed by atoms with Gasteiger partial charge in [-0.2, -0.15) is 0 Å². The van der Waals surface area contributed by atoms with Crippen molar-refractivity contribution in [3.05, 3.63) is 35.9 Å². The summed E-state index contributed by atoms with van der Waals surface area (Å²) >= 11 is 0. The average Bonchev–Trinajstić information content (AvgIpc) is 2.27. The third-order valence-electron chi connectivity index (χ3n) is 2.89. The summed E-state index contributed by atoms with van der Waals surface area (Å²) in [5, 5.41) is 3.60. The van der Waals surface area contributed by atoms with Crippen molar-refractivity contribution in [1.29, 1.82) is 0 Å². The van der Waals surface area contributed by atoms with Crippen LogP contribution in [0.4, 0.5) is 0 Å². The van der Waals surface area contributed by atoms with Gasteiger partial charge in [0.15, 0.2) is 0 Å². The van der Waals surface area contributed by atoms with Crippen molar-refractivity contribution in [1.82, 2.24) is 5.32 Å². The molecule has 0 aliphatic heterocycles. The van der Waals surface area contributed by atoms with Gasteiger partial charge >= 0.3 is 0 Å². The van der Waals surface area contributed by atoms with Crippen molar-refractivity contribution >= 4 is 0 Å². The smallest absolute Gasteiger partial charge is 0.00443 e. The first kappa shape index (κ1) is 12.3. The van der Waals surface area contributed by atoms with Gasteiger partial charge in [-0.3, -0.25) is 0 Å². The van der Waals surface area contributed by atoms with Gasteiger partial charge in [-0.25, -0.2) is 0 Å². The Balaban J connectivity index is 2.25. The van der Waals surface area contributed by atoms with Crippen LogP contribution in [0.1, 0.15) is 39.2 Å². The Morgan fingerprint density at radius 3 is 2.33 bits per heavy atom. The molecule has 1 aromatic carbocycles. The zero-order valence-corrected chi connectivity index (χ0v) is 10.2. The maximum absolute atomic E-state index is 3.60. The molecular formula is C14H23N. The molecule has 15 heavy (non-hydrogen) atoms. The van der Waals surface area contributed by atoms with Gasteiger partial charge in [-0.05, 0) is 38.7 Å². The Hall–Kier alpha value is -0.820. The highest BCUT2D eigenvalue weighted by Crippen LogP contribution is 2.05. The summed E-state index contributed by atoms with van der Waals surface area (Å²) in [7, 11) is 0. The molecule has 0 spiro atoms. The second kappa shape index (κ2) is 6.62. The van der Waals surface area contributed by atoms with Gasteiger partial charge in [-0.15, -0.1) is 0 Å². The van der Waals surface area contributed by atoms with E-state index in [9.17, 15) is 0 Å². The molecule has 0 heterocycles. The normalized spacial score (nSPS) is 14.9. The van der Waals surface area contributed by atoms with Crippen LogP contribution in [0.3, 0.4) is 0 Å². The van der Waals surface area contributed by atoms with E-state index in [0.717, 1.165) is 0 Å². The first-order valence-corrected chi connectivity index (χ1v) is 6.02. The Kier molecular flexibility index (Phi) is 5.41. The van der Waals surface area contributed by atoms with Gasteiger partial charge in [0.05, 0.1) is 0 Å². The SMILES string of the molecule is CC[C@@H](C)N[C@@H](C)CCc1ccccc1. The highest BCUT2D eigenvalue weighted by atomic mass is 14.9. The molecule has 1 heteroatoms. The van der Waals surface area contributed by atoms with Gasteiger partial charge in [-0.1, -0.05) is 37.3 Å². The zero-order chi connectivity index (χ0) is 11.1. The fourth-order valence-electron chi connectivity index (χ4n) is 1.71. The lowest BCUT2D eigenvalue weighted by Gasteiger charge is -2.18. The van der Waals surface area contributed by atoms with Gasteiger partial charge in [0.1, 0.15) is 0 Å². The lowest BCUT2D eigenvalue weighted by atomic mass is 10.1. The lowest BCUT2D eigenvalue weighted by Crippen LogP contribution is -2.34. The number of rotatable bonds is 6. The summed E-state index contributed by atoms with van der Waals surface area (Å²) in [6.45, 7) is 6.75. The molecule has 1 aromatic rings. The van der Waals surface area contributed by atoms with E-state index < -0.39 is 0 Å². The van der Waals surface area contributed by atoms with E-state index >= 15 is 0 Å². The first-order chi connectivity index (χ1) is 7.22. The minimum atomic E-state index is 0.611. The largest absolute Gasteiger partial charge is 0.312 e. The Bertz CT molecular complexity index is 255. The molecule has 2 atom stereocenters. The van der Waals surface area contributed by atoms with Crippen LogP contribution in [0.15, 0.2) is 30.3 Å². The van der Waals surface area contributed by atoms with Crippen LogP contribution in [0.2, 0.25) is 0 Å². The molecule has 1 nitrogen and oxygen atoms in total. The van der Waals surface area contributed by atoms with E-state index in [1.165, 1.54) is 24.8 Å². The maximum atomic E-state index is 3.60. The fourth-order valence-corrected chi connectivity index (χ4v) is 1.71. The van der Waals surface area contributed by atoms with Crippen LogP contribution in [0.5, 0.6) is 0 Å². The van der Waals surface area contributed by atoms with Crippen molar-refractivity contribution < 1.29 is 0 Å². The van der Waals surface area contributed by atoms with E-state index in [2.05, 4.69) is 56.4 Å². The van der Waals surface area contributed by atoms with Gasteiger partial charge in [0, 0.05) is 12.1 Å². The average molecular weight is 205 g/mol. The van der Waals surface area contributed by atoms with E-state index in [0.29, 0.717) is 12.1 Å². The first-order valence-electron chi connectivity index (χ1n) is 6.02. The van der Waals surface area contributed by atoms with Crippen LogP contribution in [0, 0.1) is 0 Å². The molecular weight excluding hydrogens is 182 g/mol. The van der Waals surface area contributed by atoms with Gasteiger partial charge < -0.3 is 5.32 Å². The van der Waals surface area contributed by atoms with E-state index in [1.807, 2.05) is 0 Å². The number of benzene rings is 1. The molecule has 0 amide bonds. The van der Waals surface area contributed by atoms with Crippen molar-refractivity contribution in [3.63, 3.8) is 0 Å². The molecule has 84 valence electrons. The molecule has 0 radical (unpaired) electrons. The standard InChI is InChI=1S/C14H23N/c1-4-12(2)15-13(3)10-11-14-8-6-5-7-9-14/h5-9,12-13,15H,4,10-11H2,1-3H3/t12-,13+/m1/s1. The van der Waals surface area contributed by atoms with Crippen LogP contribution in [0.25, 0.3) is 0 Å². The van der Waals surface area contributed by atoms with Crippen LogP contribution >= 0.6 is 0 Å². The summed E-state index contributed by atoms with van der Waals surface area (Å²) in [4.78, 5) is 0. The second-order valence-electron chi connectivity index (χ2n) is 4.40. The van der Waals surface area contributed by atoms with Crippen molar-refractivity contribution in [2.24, 2.45) is 0 Å². The molecule has 0 bridgehead atoms. The number of hydrogen-bond donors (Lipinski definition) is 1. The fraction of sp³-hybridized carbons (Fsp3) is 0.571. The van der Waals surface area contributed by atoms with Gasteiger partial charge in [0.2, 0.25) is 0 Å². The summed E-state index contributed by atoms with van der Waals surface area (Å²) in [5.41, 5.74) is 1.44. The molecule has 0 saturated heterocycles. The monoisotopic (exact) mass is 205 g/mol. The molecule has 1 rings (SSSR count). The third-order valence-corrected chi connectivity index (χ3v) is 2.89. The van der Waals surface area contributed by atoms with Crippen LogP contribution < -0.4 is 5.32 Å². The third kappa shape index (κ3) is 4.98. The predicted octanol–water partition coefficient (Wildman–Crippen LogP) is 3.40. The van der Waals surface area contributed by atoms with Crippen LogP contribution in [-0.4, -0.2) is 12.1 Å². The second-order valence-corrected chi connectivity index (χ2v) is 4.40. The number of nitrogens with one attached hydrogen (secondary N) is 1. The highest BCUT2D eigenvalue weighted by molar-refractivity contribution is 5.14. The Labute approximate surface area is 93.9 Å². The summed E-state index contributed by atoms with van der Waals surface area (Å²) < 4.78 is 0. The Morgan fingerprint density at radius 1 is 1.07 bits per heavy atom. The molecule has 0 aromatic heterocycles. The molecule has 1 N–H and O–H groups in total. The summed E-state index contributed by atoms with van der Waals surface area (Å²) in [5.74, 6) is 0. The van der Waals surface area contributed by atoms with E-state index in [4.69, 9.17) is 0 Å². The minimum absolute atomic E-state index is 0.611. The molecule has 0 aliphatic carbocycles.